The third-order valence-electron chi connectivity index (χ3n) is 0.842. The number of hydrogen-bond acceptors (Lipinski definition) is 2. The van der Waals surface area contributed by atoms with E-state index in [1.54, 1.807) is 6.92 Å². The average Bonchev–Trinajstić information content (AvgIpc) is 1.87. The van der Waals surface area contributed by atoms with Gasteiger partial charge in [-0.3, -0.25) is 0 Å². The van der Waals surface area contributed by atoms with Crippen LogP contribution in [-0.4, -0.2) is 4.32 Å². The van der Waals surface area contributed by atoms with Crippen molar-refractivity contribution in [3.8, 4) is 12.1 Å². The molecule has 0 fully saturated rings. The van der Waals surface area contributed by atoms with Crippen LogP contribution in [0.3, 0.4) is 0 Å². The Morgan fingerprint density at radius 3 is 1.88 bits per heavy atom. The SMILES string of the molecule is CCC(Br)(C#N)C#N. The van der Waals surface area contributed by atoms with Gasteiger partial charge in [-0.25, -0.2) is 0 Å². The summed E-state index contributed by atoms with van der Waals surface area (Å²) < 4.78 is -0.951. The van der Waals surface area contributed by atoms with E-state index in [1.165, 1.54) is 0 Å². The molecule has 0 unspecified atom stereocenters. The molecule has 0 N–H and O–H groups in total. The number of hydrogen-bond donors (Lipinski definition) is 0. The summed E-state index contributed by atoms with van der Waals surface area (Å²) in [5.41, 5.74) is 0. The first-order valence-electron chi connectivity index (χ1n) is 2.20. The first-order valence-corrected chi connectivity index (χ1v) is 2.99. The molecule has 0 aromatic heterocycles. The Kier molecular flexibility index (Phi) is 2.51. The topological polar surface area (TPSA) is 47.6 Å². The first kappa shape index (κ1) is 7.46. The molecule has 0 aromatic carbocycles. The summed E-state index contributed by atoms with van der Waals surface area (Å²) >= 11 is 2.96. The Hall–Kier alpha value is -0.540. The van der Waals surface area contributed by atoms with Crippen molar-refractivity contribution in [3.63, 3.8) is 0 Å². The van der Waals surface area contributed by atoms with Crippen molar-refractivity contribution in [2.24, 2.45) is 0 Å². The standard InChI is InChI=1S/C5H5BrN2/c1-2-5(6,3-7)4-8/h2H2,1H3. The highest BCUT2D eigenvalue weighted by Crippen LogP contribution is 2.18. The average molecular weight is 173 g/mol. The summed E-state index contributed by atoms with van der Waals surface area (Å²) in [6.45, 7) is 1.78. The van der Waals surface area contributed by atoms with Gasteiger partial charge in [-0.2, -0.15) is 10.5 Å². The van der Waals surface area contributed by atoms with E-state index >= 15 is 0 Å². The zero-order chi connectivity index (χ0) is 6.62. The van der Waals surface area contributed by atoms with Gasteiger partial charge in [0, 0.05) is 0 Å². The molecule has 0 radical (unpaired) electrons. The molecule has 42 valence electrons. The lowest BCUT2D eigenvalue weighted by atomic mass is 10.1. The molecule has 0 aliphatic heterocycles. The zero-order valence-electron chi connectivity index (χ0n) is 4.48. The Morgan fingerprint density at radius 2 is 1.88 bits per heavy atom. The van der Waals surface area contributed by atoms with Crippen LogP contribution >= 0.6 is 15.9 Å². The van der Waals surface area contributed by atoms with Crippen LogP contribution in [0.2, 0.25) is 0 Å². The van der Waals surface area contributed by atoms with E-state index in [1.807, 2.05) is 12.1 Å². The maximum absolute atomic E-state index is 8.27. The van der Waals surface area contributed by atoms with Gasteiger partial charge >= 0.3 is 0 Å². The fourth-order valence-electron chi connectivity index (χ4n) is 0.183. The fourth-order valence-corrected chi connectivity index (χ4v) is 0.183. The molecular weight excluding hydrogens is 168 g/mol. The van der Waals surface area contributed by atoms with Crippen molar-refractivity contribution in [3.05, 3.63) is 0 Å². The molecular formula is C5H5BrN2. The van der Waals surface area contributed by atoms with Gasteiger partial charge in [-0.1, -0.05) is 22.9 Å². The van der Waals surface area contributed by atoms with E-state index in [0.29, 0.717) is 6.42 Å². The minimum Gasteiger partial charge on any atom is -0.196 e. The lowest BCUT2D eigenvalue weighted by Crippen LogP contribution is -2.11. The summed E-state index contributed by atoms with van der Waals surface area (Å²) in [7, 11) is 0. The third-order valence-corrected chi connectivity index (χ3v) is 1.76. The molecule has 0 aromatic rings. The van der Waals surface area contributed by atoms with Gasteiger partial charge in [0.1, 0.15) is 0 Å². The van der Waals surface area contributed by atoms with Crippen molar-refractivity contribution in [2.45, 2.75) is 17.7 Å². The molecule has 0 aliphatic rings. The highest BCUT2D eigenvalue weighted by molar-refractivity contribution is 9.10. The van der Waals surface area contributed by atoms with Crippen LogP contribution in [0.15, 0.2) is 0 Å². The van der Waals surface area contributed by atoms with E-state index in [4.69, 9.17) is 10.5 Å². The van der Waals surface area contributed by atoms with E-state index in [0.717, 1.165) is 0 Å². The van der Waals surface area contributed by atoms with E-state index < -0.39 is 4.32 Å². The minimum atomic E-state index is -0.951. The molecule has 0 aliphatic carbocycles. The lowest BCUT2D eigenvalue weighted by molar-refractivity contribution is 0.870. The second-order valence-electron chi connectivity index (χ2n) is 1.38. The monoisotopic (exact) mass is 172 g/mol. The number of nitriles is 2. The van der Waals surface area contributed by atoms with Crippen LogP contribution in [-0.2, 0) is 0 Å². The number of alkyl halides is 1. The fraction of sp³-hybridized carbons (Fsp3) is 0.600. The maximum atomic E-state index is 8.27. The molecule has 0 saturated heterocycles. The van der Waals surface area contributed by atoms with E-state index in [2.05, 4.69) is 15.9 Å². The summed E-state index contributed by atoms with van der Waals surface area (Å²) in [6.07, 6.45) is 0.514. The largest absolute Gasteiger partial charge is 0.197 e. The van der Waals surface area contributed by atoms with Gasteiger partial charge in [-0.15, -0.1) is 0 Å². The van der Waals surface area contributed by atoms with Gasteiger partial charge in [0.05, 0.1) is 12.1 Å². The molecule has 0 spiro atoms. The highest BCUT2D eigenvalue weighted by Gasteiger charge is 2.21. The number of rotatable bonds is 1. The maximum Gasteiger partial charge on any atom is 0.197 e. The van der Waals surface area contributed by atoms with Crippen molar-refractivity contribution in [1.82, 2.24) is 0 Å². The second-order valence-corrected chi connectivity index (χ2v) is 2.73. The van der Waals surface area contributed by atoms with Crippen LogP contribution in [0.1, 0.15) is 13.3 Å². The van der Waals surface area contributed by atoms with Gasteiger partial charge < -0.3 is 0 Å². The van der Waals surface area contributed by atoms with Gasteiger partial charge in [-0.05, 0) is 6.42 Å². The third kappa shape index (κ3) is 1.52. The first-order chi connectivity index (χ1) is 3.68. The van der Waals surface area contributed by atoms with Crippen LogP contribution in [0.25, 0.3) is 0 Å². The Labute approximate surface area is 56.9 Å². The normalized spacial score (nSPS) is 9.50. The molecule has 3 heteroatoms. The molecule has 0 amide bonds. The van der Waals surface area contributed by atoms with Crippen LogP contribution in [0.5, 0.6) is 0 Å². The smallest absolute Gasteiger partial charge is 0.196 e. The highest BCUT2D eigenvalue weighted by atomic mass is 79.9. The van der Waals surface area contributed by atoms with Crippen LogP contribution in [0.4, 0.5) is 0 Å². The van der Waals surface area contributed by atoms with Crippen LogP contribution in [0, 0.1) is 22.7 Å². The number of halogens is 1. The predicted octanol–water partition coefficient (Wildman–Crippen LogP) is 1.58. The van der Waals surface area contributed by atoms with Gasteiger partial charge in [0.15, 0.2) is 4.32 Å². The van der Waals surface area contributed by atoms with Crippen molar-refractivity contribution < 1.29 is 0 Å². The summed E-state index contributed by atoms with van der Waals surface area (Å²) in [4.78, 5) is 0. The second kappa shape index (κ2) is 2.69. The molecule has 2 nitrogen and oxygen atoms in total. The molecule has 0 bridgehead atoms. The van der Waals surface area contributed by atoms with Crippen molar-refractivity contribution in [2.75, 3.05) is 0 Å². The van der Waals surface area contributed by atoms with Crippen molar-refractivity contribution >= 4 is 15.9 Å². The Morgan fingerprint density at radius 1 is 1.50 bits per heavy atom. The molecule has 0 saturated carbocycles. The predicted molar refractivity (Wildman–Crippen MR) is 33.2 cm³/mol. The molecule has 0 atom stereocenters. The summed E-state index contributed by atoms with van der Waals surface area (Å²) in [5.74, 6) is 0. The molecule has 8 heavy (non-hydrogen) atoms. The molecule has 0 heterocycles. The summed E-state index contributed by atoms with van der Waals surface area (Å²) in [6, 6.07) is 3.67. The van der Waals surface area contributed by atoms with Gasteiger partial charge in [0.25, 0.3) is 0 Å². The minimum absolute atomic E-state index is 0.514. The van der Waals surface area contributed by atoms with Gasteiger partial charge in [0.2, 0.25) is 0 Å². The lowest BCUT2D eigenvalue weighted by Gasteiger charge is -2.02. The summed E-state index contributed by atoms with van der Waals surface area (Å²) in [5, 5.41) is 16.5. The quantitative estimate of drug-likeness (QED) is 0.565. The number of nitrogens with zero attached hydrogens (tertiary/aromatic N) is 2. The zero-order valence-corrected chi connectivity index (χ0v) is 6.07. The van der Waals surface area contributed by atoms with Crippen LogP contribution < -0.4 is 0 Å². The van der Waals surface area contributed by atoms with E-state index in [-0.39, 0.29) is 0 Å². The Bertz CT molecular complexity index is 137. The Balaban J connectivity index is 4.11. The van der Waals surface area contributed by atoms with Crippen molar-refractivity contribution in [1.29, 1.82) is 10.5 Å². The van der Waals surface area contributed by atoms with E-state index in [9.17, 15) is 0 Å². The molecule has 0 rings (SSSR count).